The molecule has 0 amide bonds. The van der Waals surface area contributed by atoms with Gasteiger partial charge in [0.15, 0.2) is 0 Å². The van der Waals surface area contributed by atoms with E-state index >= 15 is 0 Å². The van der Waals surface area contributed by atoms with Gasteiger partial charge in [0, 0.05) is 6.54 Å². The lowest BCUT2D eigenvalue weighted by Gasteiger charge is -2.20. The zero-order chi connectivity index (χ0) is 14.3. The van der Waals surface area contributed by atoms with E-state index in [1.54, 1.807) is 0 Å². The Morgan fingerprint density at radius 1 is 1.42 bits per heavy atom. The van der Waals surface area contributed by atoms with Crippen molar-refractivity contribution >= 4 is 15.7 Å². The highest BCUT2D eigenvalue weighted by molar-refractivity contribution is 7.89. The summed E-state index contributed by atoms with van der Waals surface area (Å²) in [6.45, 7) is 4.59. The van der Waals surface area contributed by atoms with E-state index in [0.717, 1.165) is 25.0 Å². The minimum absolute atomic E-state index is 0.0616. The van der Waals surface area contributed by atoms with Crippen molar-refractivity contribution in [1.29, 1.82) is 0 Å². The molecule has 19 heavy (non-hydrogen) atoms. The fourth-order valence-electron chi connectivity index (χ4n) is 2.20. The van der Waals surface area contributed by atoms with Crippen LogP contribution in [0, 0.1) is 17.2 Å². The maximum Gasteiger partial charge on any atom is 0.242 e. The van der Waals surface area contributed by atoms with Gasteiger partial charge in [-0.2, -0.15) is 0 Å². The molecule has 2 rings (SSSR count). The molecule has 3 N–H and O–H groups in total. The number of halogens is 1. The fraction of sp³-hybridized carbons (Fsp3) is 0.538. The first kappa shape index (κ1) is 14.3. The van der Waals surface area contributed by atoms with E-state index in [1.807, 2.05) is 0 Å². The summed E-state index contributed by atoms with van der Waals surface area (Å²) in [5.41, 5.74) is 5.57. The number of nitrogen functional groups attached to an aromatic ring is 1. The van der Waals surface area contributed by atoms with Crippen LogP contribution >= 0.6 is 0 Å². The lowest BCUT2D eigenvalue weighted by Crippen LogP contribution is -2.33. The molecule has 1 aliphatic carbocycles. The van der Waals surface area contributed by atoms with Gasteiger partial charge in [0.25, 0.3) is 0 Å². The summed E-state index contributed by atoms with van der Waals surface area (Å²) in [5.74, 6) is -0.113. The molecule has 0 bridgehead atoms. The molecule has 0 unspecified atom stereocenters. The van der Waals surface area contributed by atoms with E-state index in [2.05, 4.69) is 18.6 Å². The third kappa shape index (κ3) is 2.90. The summed E-state index contributed by atoms with van der Waals surface area (Å²) in [4.78, 5) is -0.0616. The normalized spacial score (nSPS) is 17.7. The molecule has 1 saturated carbocycles. The van der Waals surface area contributed by atoms with Gasteiger partial charge >= 0.3 is 0 Å². The Bertz CT molecular complexity index is 580. The van der Waals surface area contributed by atoms with Crippen LogP contribution in [-0.2, 0) is 10.0 Å². The van der Waals surface area contributed by atoms with Gasteiger partial charge in [-0.15, -0.1) is 0 Å². The van der Waals surface area contributed by atoms with Gasteiger partial charge in [0.1, 0.15) is 10.7 Å². The Hall–Kier alpha value is -1.14. The van der Waals surface area contributed by atoms with E-state index in [9.17, 15) is 12.8 Å². The van der Waals surface area contributed by atoms with Crippen LogP contribution in [0.4, 0.5) is 10.1 Å². The number of anilines is 1. The number of hydrogen-bond acceptors (Lipinski definition) is 3. The van der Waals surface area contributed by atoms with Crippen molar-refractivity contribution in [3.8, 4) is 0 Å². The molecular formula is C13H19FN2O2S. The standard InChI is InChI=1S/C13H19FN2O2S/c1-9(2)13(5-6-13)8-16-19(17,18)12-4-3-10(14)7-11(12)15/h3-4,7,9,16H,5-6,8,15H2,1-2H3. The highest BCUT2D eigenvalue weighted by Crippen LogP contribution is 2.51. The van der Waals surface area contributed by atoms with Crippen LogP contribution in [0.5, 0.6) is 0 Å². The van der Waals surface area contributed by atoms with Gasteiger partial charge in [-0.1, -0.05) is 13.8 Å². The average molecular weight is 286 g/mol. The molecule has 0 aliphatic heterocycles. The minimum Gasteiger partial charge on any atom is -0.398 e. The molecule has 1 fully saturated rings. The predicted octanol–water partition coefficient (Wildman–Crippen LogP) is 2.12. The smallest absolute Gasteiger partial charge is 0.242 e. The van der Waals surface area contributed by atoms with Gasteiger partial charge in [0.2, 0.25) is 10.0 Å². The molecule has 0 atom stereocenters. The van der Waals surface area contributed by atoms with E-state index < -0.39 is 15.8 Å². The van der Waals surface area contributed by atoms with Crippen LogP contribution in [-0.4, -0.2) is 15.0 Å². The third-order valence-corrected chi connectivity index (χ3v) is 5.47. The van der Waals surface area contributed by atoms with Crippen LogP contribution in [0.3, 0.4) is 0 Å². The Labute approximate surface area is 113 Å². The lowest BCUT2D eigenvalue weighted by atomic mass is 9.93. The largest absolute Gasteiger partial charge is 0.398 e. The van der Waals surface area contributed by atoms with Crippen molar-refractivity contribution in [3.05, 3.63) is 24.0 Å². The van der Waals surface area contributed by atoms with Crippen LogP contribution in [0.15, 0.2) is 23.1 Å². The SMILES string of the molecule is CC(C)C1(CNS(=O)(=O)c2ccc(F)cc2N)CC1. The molecule has 6 heteroatoms. The van der Waals surface area contributed by atoms with E-state index in [0.29, 0.717) is 12.5 Å². The molecule has 1 aliphatic rings. The van der Waals surface area contributed by atoms with Gasteiger partial charge in [0.05, 0.1) is 5.69 Å². The number of sulfonamides is 1. The second kappa shape index (κ2) is 4.76. The zero-order valence-corrected chi connectivity index (χ0v) is 11.9. The summed E-state index contributed by atoms with van der Waals surface area (Å²) in [6, 6.07) is 3.31. The van der Waals surface area contributed by atoms with Crippen LogP contribution in [0.25, 0.3) is 0 Å². The number of hydrogen-bond donors (Lipinski definition) is 2. The highest BCUT2D eigenvalue weighted by Gasteiger charge is 2.45. The molecule has 106 valence electrons. The maximum atomic E-state index is 12.9. The van der Waals surface area contributed by atoms with Gasteiger partial charge in [-0.05, 0) is 42.4 Å². The molecule has 0 radical (unpaired) electrons. The molecule has 1 aromatic rings. The number of rotatable bonds is 5. The lowest BCUT2D eigenvalue weighted by molar-refractivity contribution is 0.357. The van der Waals surface area contributed by atoms with Crippen molar-refractivity contribution in [2.75, 3.05) is 12.3 Å². The van der Waals surface area contributed by atoms with Crippen LogP contribution in [0.1, 0.15) is 26.7 Å². The molecule has 0 aromatic heterocycles. The zero-order valence-electron chi connectivity index (χ0n) is 11.1. The first-order chi connectivity index (χ1) is 8.77. The molecule has 0 spiro atoms. The maximum absolute atomic E-state index is 12.9. The minimum atomic E-state index is -3.68. The number of nitrogens with two attached hydrogens (primary N) is 1. The summed E-state index contributed by atoms with van der Waals surface area (Å²) in [7, 11) is -3.68. The number of nitrogens with one attached hydrogen (secondary N) is 1. The van der Waals surface area contributed by atoms with Gasteiger partial charge in [-0.25, -0.2) is 17.5 Å². The summed E-state index contributed by atoms with van der Waals surface area (Å²) < 4.78 is 39.8. The molecule has 0 heterocycles. The van der Waals surface area contributed by atoms with E-state index in [-0.39, 0.29) is 16.0 Å². The fourth-order valence-corrected chi connectivity index (χ4v) is 3.45. The average Bonchev–Trinajstić information content (AvgIpc) is 3.07. The van der Waals surface area contributed by atoms with Crippen LogP contribution < -0.4 is 10.5 Å². The highest BCUT2D eigenvalue weighted by atomic mass is 32.2. The molecule has 4 nitrogen and oxygen atoms in total. The molecule has 1 aromatic carbocycles. The third-order valence-electron chi connectivity index (χ3n) is 3.99. The quantitative estimate of drug-likeness (QED) is 0.814. The second-order valence-corrected chi connectivity index (χ2v) is 7.26. The first-order valence-electron chi connectivity index (χ1n) is 6.31. The summed E-state index contributed by atoms with van der Waals surface area (Å²) in [5, 5.41) is 0. The molecular weight excluding hydrogens is 267 g/mol. The van der Waals surface area contributed by atoms with Crippen molar-refractivity contribution in [1.82, 2.24) is 4.72 Å². The topological polar surface area (TPSA) is 72.2 Å². The van der Waals surface area contributed by atoms with Gasteiger partial charge < -0.3 is 5.73 Å². The van der Waals surface area contributed by atoms with E-state index in [1.165, 1.54) is 6.07 Å². The Morgan fingerprint density at radius 3 is 2.53 bits per heavy atom. The van der Waals surface area contributed by atoms with Gasteiger partial charge in [-0.3, -0.25) is 0 Å². The Morgan fingerprint density at radius 2 is 2.05 bits per heavy atom. The van der Waals surface area contributed by atoms with Crippen LogP contribution in [0.2, 0.25) is 0 Å². The summed E-state index contributed by atoms with van der Waals surface area (Å²) >= 11 is 0. The predicted molar refractivity (Wildman–Crippen MR) is 72.5 cm³/mol. The Balaban J connectivity index is 2.15. The summed E-state index contributed by atoms with van der Waals surface area (Å²) in [6.07, 6.45) is 2.07. The van der Waals surface area contributed by atoms with Crippen molar-refractivity contribution in [3.63, 3.8) is 0 Å². The molecule has 0 saturated heterocycles. The van der Waals surface area contributed by atoms with Crippen molar-refractivity contribution in [2.24, 2.45) is 11.3 Å². The monoisotopic (exact) mass is 286 g/mol. The van der Waals surface area contributed by atoms with Crippen molar-refractivity contribution < 1.29 is 12.8 Å². The first-order valence-corrected chi connectivity index (χ1v) is 7.80. The Kier molecular flexibility index (Phi) is 3.57. The van der Waals surface area contributed by atoms with E-state index in [4.69, 9.17) is 5.73 Å². The van der Waals surface area contributed by atoms with Crippen molar-refractivity contribution in [2.45, 2.75) is 31.6 Å². The second-order valence-electron chi connectivity index (χ2n) is 5.52. The number of benzene rings is 1.